The molecule has 9 heteroatoms. The number of carbonyl (C=O) groups is 2. The summed E-state index contributed by atoms with van der Waals surface area (Å²) in [4.78, 5) is 24.3. The minimum absolute atomic E-state index is 0.154. The Labute approximate surface area is 193 Å². The Morgan fingerprint density at radius 3 is 2.24 bits per heavy atom. The van der Waals surface area contributed by atoms with Gasteiger partial charge in [-0.2, -0.15) is 0 Å². The van der Waals surface area contributed by atoms with E-state index in [0.717, 1.165) is 11.8 Å². The largest absolute Gasteiger partial charge is 0.447 e. The molecule has 1 heterocycles. The van der Waals surface area contributed by atoms with Gasteiger partial charge in [-0.3, -0.25) is 14.2 Å². The average molecular weight is 463 g/mol. The molecule has 1 unspecified atom stereocenters. The molecule has 3 aromatic carbocycles. The van der Waals surface area contributed by atoms with Crippen LogP contribution in [0.1, 0.15) is 11.7 Å². The summed E-state index contributed by atoms with van der Waals surface area (Å²) in [6, 6.07) is 24.0. The van der Waals surface area contributed by atoms with E-state index in [1.54, 1.807) is 53.1 Å². The molecule has 4 rings (SSSR count). The van der Waals surface area contributed by atoms with Crippen LogP contribution in [0, 0.1) is 5.82 Å². The molecule has 0 aliphatic rings. The average Bonchev–Trinajstić information content (AvgIpc) is 3.26. The first-order valence-electron chi connectivity index (χ1n) is 9.97. The van der Waals surface area contributed by atoms with Crippen molar-refractivity contribution in [3.63, 3.8) is 0 Å². The predicted octanol–water partition coefficient (Wildman–Crippen LogP) is 3.94. The topological polar surface area (TPSA) is 100 Å². The van der Waals surface area contributed by atoms with E-state index in [1.807, 2.05) is 30.3 Å². The van der Waals surface area contributed by atoms with Gasteiger partial charge in [0.15, 0.2) is 11.0 Å². The van der Waals surface area contributed by atoms with Gasteiger partial charge in [0.2, 0.25) is 6.10 Å². The number of rotatable bonds is 8. The number of para-hydroxylation sites is 1. The summed E-state index contributed by atoms with van der Waals surface area (Å²) in [5, 5.41) is 8.70. The number of nitrogens with zero attached hydrogens (tertiary/aromatic N) is 3. The molecule has 0 aliphatic heterocycles. The number of benzene rings is 3. The Morgan fingerprint density at radius 1 is 0.939 bits per heavy atom. The molecular formula is C24H19FN4O3S. The Morgan fingerprint density at radius 2 is 1.58 bits per heavy atom. The number of hydrogen-bond acceptors (Lipinski definition) is 6. The van der Waals surface area contributed by atoms with Crippen molar-refractivity contribution in [3.8, 4) is 17.1 Å². The highest BCUT2D eigenvalue weighted by Gasteiger charge is 2.24. The molecular weight excluding hydrogens is 443 g/mol. The van der Waals surface area contributed by atoms with Gasteiger partial charge in [-0.15, -0.1) is 10.2 Å². The van der Waals surface area contributed by atoms with Crippen LogP contribution in [0.4, 0.5) is 4.39 Å². The summed E-state index contributed by atoms with van der Waals surface area (Å²) in [7, 11) is 0. The number of esters is 1. The number of carbonyl (C=O) groups excluding carboxylic acids is 2. The van der Waals surface area contributed by atoms with Crippen LogP contribution < -0.4 is 5.73 Å². The molecule has 166 valence electrons. The van der Waals surface area contributed by atoms with Gasteiger partial charge in [0.1, 0.15) is 5.82 Å². The summed E-state index contributed by atoms with van der Waals surface area (Å²) in [5.41, 5.74) is 6.89. The number of primary amides is 1. The molecule has 0 bridgehead atoms. The molecule has 4 aromatic rings. The highest BCUT2D eigenvalue weighted by molar-refractivity contribution is 7.99. The number of ether oxygens (including phenoxy) is 1. The van der Waals surface area contributed by atoms with Crippen LogP contribution in [0.3, 0.4) is 0 Å². The van der Waals surface area contributed by atoms with Crippen molar-refractivity contribution >= 4 is 23.6 Å². The zero-order chi connectivity index (χ0) is 23.2. The number of halogens is 1. The van der Waals surface area contributed by atoms with Gasteiger partial charge in [-0.25, -0.2) is 4.39 Å². The normalized spacial score (nSPS) is 11.7. The predicted molar refractivity (Wildman–Crippen MR) is 122 cm³/mol. The third kappa shape index (κ3) is 5.09. The van der Waals surface area contributed by atoms with Gasteiger partial charge in [0.05, 0.1) is 11.3 Å². The second kappa shape index (κ2) is 10.1. The lowest BCUT2D eigenvalue weighted by molar-refractivity contribution is -0.152. The molecule has 0 saturated heterocycles. The fraction of sp³-hybridized carbons (Fsp3) is 0.0833. The van der Waals surface area contributed by atoms with Crippen LogP contribution in [0.15, 0.2) is 90.1 Å². The first-order valence-corrected chi connectivity index (χ1v) is 11.0. The maximum atomic E-state index is 14.5. The highest BCUT2D eigenvalue weighted by Crippen LogP contribution is 2.29. The van der Waals surface area contributed by atoms with Gasteiger partial charge < -0.3 is 10.5 Å². The van der Waals surface area contributed by atoms with E-state index in [1.165, 1.54) is 6.07 Å². The molecule has 1 atom stereocenters. The molecule has 1 aromatic heterocycles. The van der Waals surface area contributed by atoms with Crippen LogP contribution >= 0.6 is 11.8 Å². The van der Waals surface area contributed by atoms with Gasteiger partial charge >= 0.3 is 5.97 Å². The molecule has 0 spiro atoms. The minimum Gasteiger partial charge on any atom is -0.447 e. The maximum Gasteiger partial charge on any atom is 0.317 e. The van der Waals surface area contributed by atoms with Crippen molar-refractivity contribution in [2.24, 2.45) is 5.73 Å². The fourth-order valence-electron chi connectivity index (χ4n) is 3.20. The lowest BCUT2D eigenvalue weighted by Crippen LogP contribution is -2.26. The van der Waals surface area contributed by atoms with Gasteiger partial charge in [-0.1, -0.05) is 72.4 Å². The first-order chi connectivity index (χ1) is 16.0. The van der Waals surface area contributed by atoms with Gasteiger partial charge in [0, 0.05) is 11.3 Å². The molecule has 2 N–H and O–H groups in total. The lowest BCUT2D eigenvalue weighted by Gasteiger charge is -2.15. The summed E-state index contributed by atoms with van der Waals surface area (Å²) < 4.78 is 21.5. The van der Waals surface area contributed by atoms with E-state index in [4.69, 9.17) is 10.5 Å². The van der Waals surface area contributed by atoms with Crippen LogP contribution in [0.5, 0.6) is 0 Å². The summed E-state index contributed by atoms with van der Waals surface area (Å²) in [6.07, 6.45) is -1.19. The fourth-order valence-corrected chi connectivity index (χ4v) is 3.93. The Kier molecular flexibility index (Phi) is 6.80. The van der Waals surface area contributed by atoms with Crippen molar-refractivity contribution in [1.82, 2.24) is 14.8 Å². The zero-order valence-corrected chi connectivity index (χ0v) is 18.1. The van der Waals surface area contributed by atoms with E-state index in [9.17, 15) is 14.0 Å². The van der Waals surface area contributed by atoms with E-state index in [-0.39, 0.29) is 11.3 Å². The highest BCUT2D eigenvalue weighted by atomic mass is 32.2. The number of hydrogen-bond donors (Lipinski definition) is 1. The van der Waals surface area contributed by atoms with E-state index >= 15 is 0 Å². The van der Waals surface area contributed by atoms with Gasteiger partial charge in [-0.05, 0) is 24.3 Å². The minimum atomic E-state index is -1.19. The van der Waals surface area contributed by atoms with Crippen LogP contribution in [0.2, 0.25) is 0 Å². The first kappa shape index (κ1) is 22.2. The smallest absolute Gasteiger partial charge is 0.317 e. The SMILES string of the molecule is NC(=O)C(OC(=O)CSc1nnc(-c2ccccc2F)n1-c1ccccc1)c1ccccc1. The molecule has 33 heavy (non-hydrogen) atoms. The van der Waals surface area contributed by atoms with Crippen molar-refractivity contribution in [3.05, 3.63) is 96.3 Å². The lowest BCUT2D eigenvalue weighted by atomic mass is 10.1. The molecule has 0 aliphatic carbocycles. The number of nitrogens with two attached hydrogens (primary N) is 1. The van der Waals surface area contributed by atoms with Crippen LogP contribution in [0.25, 0.3) is 17.1 Å². The third-order valence-electron chi connectivity index (χ3n) is 4.69. The number of amides is 1. The number of aromatic nitrogens is 3. The second-order valence-corrected chi connectivity index (χ2v) is 7.87. The Balaban J connectivity index is 1.58. The van der Waals surface area contributed by atoms with Crippen molar-refractivity contribution in [2.75, 3.05) is 5.75 Å². The Hall–Kier alpha value is -3.98. The summed E-state index contributed by atoms with van der Waals surface area (Å²) in [5.74, 6) is -1.71. The van der Waals surface area contributed by atoms with Crippen molar-refractivity contribution < 1.29 is 18.7 Å². The van der Waals surface area contributed by atoms with Gasteiger partial charge in [0.25, 0.3) is 5.91 Å². The van der Waals surface area contributed by atoms with E-state index in [2.05, 4.69) is 10.2 Å². The monoisotopic (exact) mass is 462 g/mol. The second-order valence-electron chi connectivity index (χ2n) is 6.93. The summed E-state index contributed by atoms with van der Waals surface area (Å²) in [6.45, 7) is 0. The zero-order valence-electron chi connectivity index (χ0n) is 17.3. The standard InChI is InChI=1S/C24H19FN4O3S/c25-19-14-8-7-13-18(19)23-27-28-24(29(23)17-11-5-2-6-12-17)33-15-20(30)32-21(22(26)31)16-9-3-1-4-10-16/h1-14,21H,15H2,(H2,26,31). The van der Waals surface area contributed by atoms with E-state index < -0.39 is 23.8 Å². The third-order valence-corrected chi connectivity index (χ3v) is 5.59. The maximum absolute atomic E-state index is 14.5. The quantitative estimate of drug-likeness (QED) is 0.315. The molecule has 0 fully saturated rings. The Bertz CT molecular complexity index is 1270. The van der Waals surface area contributed by atoms with Crippen molar-refractivity contribution in [2.45, 2.75) is 11.3 Å². The molecule has 1 amide bonds. The number of thioether (sulfide) groups is 1. The van der Waals surface area contributed by atoms with Crippen LogP contribution in [-0.4, -0.2) is 32.4 Å². The molecule has 7 nitrogen and oxygen atoms in total. The molecule has 0 radical (unpaired) electrons. The van der Waals surface area contributed by atoms with E-state index in [0.29, 0.717) is 22.2 Å². The van der Waals surface area contributed by atoms with Crippen molar-refractivity contribution in [1.29, 1.82) is 0 Å². The summed E-state index contributed by atoms with van der Waals surface area (Å²) >= 11 is 1.06. The molecule has 0 saturated carbocycles. The van der Waals surface area contributed by atoms with Crippen LogP contribution in [-0.2, 0) is 14.3 Å².